The molecule has 0 bridgehead atoms. The van der Waals surface area contributed by atoms with Gasteiger partial charge in [-0.3, -0.25) is 0 Å². The maximum absolute atomic E-state index is 5.24. The average Bonchev–Trinajstić information content (AvgIpc) is 2.63. The fraction of sp³-hybridized carbons (Fsp3) is 0.273. The normalized spacial score (nSPS) is 10.4. The van der Waals surface area contributed by atoms with E-state index in [2.05, 4.69) is 15.3 Å². The van der Waals surface area contributed by atoms with E-state index < -0.39 is 0 Å². The van der Waals surface area contributed by atoms with Crippen LogP contribution in [0.25, 0.3) is 0 Å². The van der Waals surface area contributed by atoms with Gasteiger partial charge >= 0.3 is 0 Å². The smallest absolute Gasteiger partial charge is 0.223 e. The summed E-state index contributed by atoms with van der Waals surface area (Å²) in [5.41, 5.74) is 0.947. The highest BCUT2D eigenvalue weighted by atomic mass is 32.2. The molecule has 0 unspecified atom stereocenters. The van der Waals surface area contributed by atoms with E-state index >= 15 is 0 Å². The van der Waals surface area contributed by atoms with Crippen molar-refractivity contribution >= 4 is 17.7 Å². The molecule has 5 heteroatoms. The summed E-state index contributed by atoms with van der Waals surface area (Å²) in [4.78, 5) is 9.70. The van der Waals surface area contributed by atoms with Crippen molar-refractivity contribution in [2.45, 2.75) is 23.8 Å². The Kier molecular flexibility index (Phi) is 3.14. The number of nitrogens with one attached hydrogen (secondary N) is 1. The van der Waals surface area contributed by atoms with Crippen LogP contribution in [0.1, 0.15) is 11.5 Å². The van der Waals surface area contributed by atoms with Crippen LogP contribution in [0, 0.1) is 13.8 Å². The minimum atomic E-state index is 0.642. The first-order chi connectivity index (χ1) is 7.69. The van der Waals surface area contributed by atoms with Crippen molar-refractivity contribution in [1.82, 2.24) is 9.97 Å². The minimum absolute atomic E-state index is 0.642. The summed E-state index contributed by atoms with van der Waals surface area (Å²) >= 11 is 1.58. The van der Waals surface area contributed by atoms with E-state index in [-0.39, 0.29) is 0 Å². The number of furan rings is 1. The first-order valence-electron chi connectivity index (χ1n) is 4.94. The van der Waals surface area contributed by atoms with E-state index in [9.17, 15) is 0 Å². The molecule has 0 spiro atoms. The van der Waals surface area contributed by atoms with Crippen LogP contribution >= 0.6 is 11.8 Å². The lowest BCUT2D eigenvalue weighted by atomic mass is 10.5. The number of rotatable bonds is 3. The molecular formula is C11H13N3OS. The van der Waals surface area contributed by atoms with Gasteiger partial charge in [-0.25, -0.2) is 9.97 Å². The van der Waals surface area contributed by atoms with Crippen LogP contribution in [0.2, 0.25) is 0 Å². The highest BCUT2D eigenvalue weighted by Crippen LogP contribution is 2.30. The summed E-state index contributed by atoms with van der Waals surface area (Å²) < 4.78 is 5.24. The number of hydrogen-bond acceptors (Lipinski definition) is 5. The highest BCUT2D eigenvalue weighted by molar-refractivity contribution is 7.99. The molecule has 2 rings (SSSR count). The average molecular weight is 235 g/mol. The number of nitrogens with zero attached hydrogens (tertiary/aromatic N) is 2. The van der Waals surface area contributed by atoms with Crippen molar-refractivity contribution in [3.05, 3.63) is 29.9 Å². The molecule has 0 radical (unpaired) electrons. The largest absolute Gasteiger partial charge is 0.468 e. The van der Waals surface area contributed by atoms with Crippen LogP contribution in [-0.2, 0) is 0 Å². The number of hydrogen-bond donors (Lipinski definition) is 1. The van der Waals surface area contributed by atoms with E-state index in [0.29, 0.717) is 5.95 Å². The summed E-state index contributed by atoms with van der Waals surface area (Å²) in [6, 6.07) is 3.90. The Morgan fingerprint density at radius 2 is 2.12 bits per heavy atom. The van der Waals surface area contributed by atoms with Gasteiger partial charge in [-0.15, -0.1) is 0 Å². The third kappa shape index (κ3) is 2.36. The molecule has 0 amide bonds. The Morgan fingerprint density at radius 1 is 1.31 bits per heavy atom. The van der Waals surface area contributed by atoms with Gasteiger partial charge in [0.05, 0.1) is 11.2 Å². The van der Waals surface area contributed by atoms with Gasteiger partial charge in [-0.05, 0) is 26.0 Å². The lowest BCUT2D eigenvalue weighted by molar-refractivity contribution is 0.527. The third-order valence-corrected chi connectivity index (χ3v) is 3.14. The standard InChI is InChI=1S/C11H13N3OS/c1-7-6-10(14-11(12-3)13-7)16-9-4-5-15-8(9)2/h4-6H,1-3H3,(H,12,13,14). The van der Waals surface area contributed by atoms with Crippen LogP contribution in [0.3, 0.4) is 0 Å². The Bertz CT molecular complexity index is 496. The van der Waals surface area contributed by atoms with Crippen LogP contribution in [0.15, 0.2) is 32.7 Å². The van der Waals surface area contributed by atoms with Gasteiger partial charge < -0.3 is 9.73 Å². The second kappa shape index (κ2) is 4.57. The molecule has 0 saturated carbocycles. The van der Waals surface area contributed by atoms with Gasteiger partial charge in [0.25, 0.3) is 0 Å². The van der Waals surface area contributed by atoms with Gasteiger partial charge in [-0.2, -0.15) is 0 Å². The topological polar surface area (TPSA) is 51.0 Å². The molecular weight excluding hydrogens is 222 g/mol. The summed E-state index contributed by atoms with van der Waals surface area (Å²) in [6.07, 6.45) is 1.69. The van der Waals surface area contributed by atoms with Gasteiger partial charge in [0.15, 0.2) is 0 Å². The highest BCUT2D eigenvalue weighted by Gasteiger charge is 2.06. The fourth-order valence-electron chi connectivity index (χ4n) is 1.30. The van der Waals surface area contributed by atoms with Crippen molar-refractivity contribution in [3.63, 3.8) is 0 Å². The molecule has 2 aromatic rings. The molecule has 0 saturated heterocycles. The third-order valence-electron chi connectivity index (χ3n) is 2.08. The van der Waals surface area contributed by atoms with Crippen molar-refractivity contribution in [3.8, 4) is 0 Å². The van der Waals surface area contributed by atoms with Crippen molar-refractivity contribution in [2.75, 3.05) is 12.4 Å². The predicted octanol–water partition coefficient (Wildman–Crippen LogP) is 2.88. The van der Waals surface area contributed by atoms with Crippen molar-refractivity contribution in [1.29, 1.82) is 0 Å². The molecule has 0 aromatic carbocycles. The molecule has 0 aliphatic rings. The first kappa shape index (κ1) is 11.0. The minimum Gasteiger partial charge on any atom is -0.468 e. The summed E-state index contributed by atoms with van der Waals surface area (Å²) in [5.74, 6) is 1.55. The monoisotopic (exact) mass is 235 g/mol. The quantitative estimate of drug-likeness (QED) is 0.829. The first-order valence-corrected chi connectivity index (χ1v) is 5.76. The molecule has 0 aliphatic carbocycles. The molecule has 0 fully saturated rings. The molecule has 0 aliphatic heterocycles. The summed E-state index contributed by atoms with van der Waals surface area (Å²) in [6.45, 7) is 3.89. The maximum Gasteiger partial charge on any atom is 0.223 e. The van der Waals surface area contributed by atoms with E-state index in [4.69, 9.17) is 4.42 Å². The molecule has 84 valence electrons. The SMILES string of the molecule is CNc1nc(C)cc(Sc2ccoc2C)n1. The Morgan fingerprint density at radius 3 is 2.75 bits per heavy atom. The lowest BCUT2D eigenvalue weighted by Gasteiger charge is -2.04. The van der Waals surface area contributed by atoms with Crippen LogP contribution in [0.5, 0.6) is 0 Å². The Balaban J connectivity index is 2.28. The number of aryl methyl sites for hydroxylation is 2. The molecule has 0 atom stereocenters. The maximum atomic E-state index is 5.24. The zero-order valence-corrected chi connectivity index (χ0v) is 10.3. The molecule has 4 nitrogen and oxygen atoms in total. The van der Waals surface area contributed by atoms with Gasteiger partial charge in [0, 0.05) is 12.7 Å². The van der Waals surface area contributed by atoms with Gasteiger partial charge in [-0.1, -0.05) is 11.8 Å². The second-order valence-electron chi connectivity index (χ2n) is 3.36. The van der Waals surface area contributed by atoms with E-state index in [1.807, 2.05) is 33.0 Å². The van der Waals surface area contributed by atoms with Crippen molar-refractivity contribution in [2.24, 2.45) is 0 Å². The zero-order valence-electron chi connectivity index (χ0n) is 9.44. The molecule has 16 heavy (non-hydrogen) atoms. The van der Waals surface area contributed by atoms with Crippen molar-refractivity contribution < 1.29 is 4.42 Å². The zero-order chi connectivity index (χ0) is 11.5. The Labute approximate surface area is 98.5 Å². The van der Waals surface area contributed by atoms with Gasteiger partial charge in [0.2, 0.25) is 5.95 Å². The van der Waals surface area contributed by atoms with Crippen LogP contribution < -0.4 is 5.32 Å². The Hall–Kier alpha value is -1.49. The number of aromatic nitrogens is 2. The number of anilines is 1. The fourth-order valence-corrected chi connectivity index (χ4v) is 2.20. The lowest BCUT2D eigenvalue weighted by Crippen LogP contribution is -1.98. The van der Waals surface area contributed by atoms with E-state index in [1.54, 1.807) is 18.0 Å². The van der Waals surface area contributed by atoms with E-state index in [0.717, 1.165) is 21.4 Å². The van der Waals surface area contributed by atoms with Crippen LogP contribution in [-0.4, -0.2) is 17.0 Å². The summed E-state index contributed by atoms with van der Waals surface area (Å²) in [7, 11) is 1.81. The van der Waals surface area contributed by atoms with E-state index in [1.165, 1.54) is 0 Å². The summed E-state index contributed by atoms with van der Waals surface area (Å²) in [5, 5.41) is 3.86. The molecule has 1 N–H and O–H groups in total. The predicted molar refractivity (Wildman–Crippen MR) is 63.9 cm³/mol. The van der Waals surface area contributed by atoms with Gasteiger partial charge in [0.1, 0.15) is 10.8 Å². The molecule has 2 heterocycles. The molecule has 2 aromatic heterocycles. The van der Waals surface area contributed by atoms with Crippen LogP contribution in [0.4, 0.5) is 5.95 Å². The second-order valence-corrected chi connectivity index (χ2v) is 4.43.